The molecule has 0 aromatic heterocycles. The zero-order valence-electron chi connectivity index (χ0n) is 13.3. The molecule has 2 aromatic rings. The van der Waals surface area contributed by atoms with Crippen LogP contribution >= 0.6 is 0 Å². The minimum Gasteiger partial charge on any atom is -0.224 e. The topological polar surface area (TPSA) is 34.1 Å². The molecule has 0 unspecified atom stereocenters. The maximum atomic E-state index is 11.8. The highest BCUT2D eigenvalue weighted by Gasteiger charge is 2.11. The fourth-order valence-electron chi connectivity index (χ4n) is 2.54. The Morgan fingerprint density at radius 3 is 2.50 bits per heavy atom. The standard InChI is InChI=1S/C19H22O2S/c1-4-7-15-11-12-16(8-5-2)19(13-15)17-9-6-10-18(14-17)22(3,20)21/h4,6-7,9-14H,5,8H2,1-3H3/b7-4+. The van der Waals surface area contributed by atoms with Crippen molar-refractivity contribution in [3.8, 4) is 11.1 Å². The quantitative estimate of drug-likeness (QED) is 0.798. The van der Waals surface area contributed by atoms with Crippen molar-refractivity contribution in [2.45, 2.75) is 31.6 Å². The van der Waals surface area contributed by atoms with Gasteiger partial charge in [0.2, 0.25) is 0 Å². The monoisotopic (exact) mass is 314 g/mol. The maximum absolute atomic E-state index is 11.8. The number of sulfone groups is 1. The van der Waals surface area contributed by atoms with Gasteiger partial charge >= 0.3 is 0 Å². The number of hydrogen-bond acceptors (Lipinski definition) is 2. The zero-order chi connectivity index (χ0) is 16.2. The van der Waals surface area contributed by atoms with Crippen molar-refractivity contribution in [1.82, 2.24) is 0 Å². The highest BCUT2D eigenvalue weighted by molar-refractivity contribution is 7.90. The Morgan fingerprint density at radius 2 is 1.86 bits per heavy atom. The third-order valence-electron chi connectivity index (χ3n) is 3.59. The maximum Gasteiger partial charge on any atom is 0.175 e. The van der Waals surface area contributed by atoms with Crippen LogP contribution in [0.3, 0.4) is 0 Å². The molecule has 0 heterocycles. The molecule has 0 saturated carbocycles. The van der Waals surface area contributed by atoms with Crippen molar-refractivity contribution < 1.29 is 8.42 Å². The van der Waals surface area contributed by atoms with Gasteiger partial charge in [-0.15, -0.1) is 0 Å². The van der Waals surface area contributed by atoms with E-state index in [1.54, 1.807) is 12.1 Å². The van der Waals surface area contributed by atoms with E-state index in [-0.39, 0.29) is 0 Å². The molecule has 0 spiro atoms. The summed E-state index contributed by atoms with van der Waals surface area (Å²) in [4.78, 5) is 0.365. The van der Waals surface area contributed by atoms with Gasteiger partial charge < -0.3 is 0 Å². The summed E-state index contributed by atoms with van der Waals surface area (Å²) in [5, 5.41) is 0. The van der Waals surface area contributed by atoms with Crippen LogP contribution in [-0.2, 0) is 16.3 Å². The summed E-state index contributed by atoms with van der Waals surface area (Å²) in [6.07, 6.45) is 7.34. The first kappa shape index (κ1) is 16.5. The highest BCUT2D eigenvalue weighted by atomic mass is 32.2. The van der Waals surface area contributed by atoms with Gasteiger partial charge in [0.1, 0.15) is 0 Å². The third kappa shape index (κ3) is 3.86. The molecule has 0 fully saturated rings. The molecule has 0 aliphatic heterocycles. The average Bonchev–Trinajstić information content (AvgIpc) is 2.48. The highest BCUT2D eigenvalue weighted by Crippen LogP contribution is 2.28. The first-order chi connectivity index (χ1) is 10.5. The second kappa shape index (κ2) is 6.93. The van der Waals surface area contributed by atoms with Crippen molar-refractivity contribution in [3.63, 3.8) is 0 Å². The molecule has 0 atom stereocenters. The van der Waals surface area contributed by atoms with Crippen LogP contribution in [0.4, 0.5) is 0 Å². The summed E-state index contributed by atoms with van der Waals surface area (Å²) >= 11 is 0. The summed E-state index contributed by atoms with van der Waals surface area (Å²) in [5.41, 5.74) is 4.45. The van der Waals surface area contributed by atoms with E-state index in [0.29, 0.717) is 4.90 Å². The molecule has 2 nitrogen and oxygen atoms in total. The number of rotatable bonds is 5. The Kier molecular flexibility index (Phi) is 5.19. The normalized spacial score (nSPS) is 12.0. The van der Waals surface area contributed by atoms with Gasteiger partial charge in [0.15, 0.2) is 9.84 Å². The molecule has 0 aliphatic carbocycles. The molecule has 0 bridgehead atoms. The zero-order valence-corrected chi connectivity index (χ0v) is 14.2. The lowest BCUT2D eigenvalue weighted by Crippen LogP contribution is -1.98. The second-order valence-electron chi connectivity index (χ2n) is 5.47. The summed E-state index contributed by atoms with van der Waals surface area (Å²) in [6, 6.07) is 13.6. The predicted molar refractivity (Wildman–Crippen MR) is 93.7 cm³/mol. The molecule has 2 rings (SSSR count). The Morgan fingerprint density at radius 1 is 1.09 bits per heavy atom. The van der Waals surface area contributed by atoms with Crippen LogP contribution in [0.1, 0.15) is 31.4 Å². The number of aryl methyl sites for hydroxylation is 1. The molecule has 0 radical (unpaired) electrons. The van der Waals surface area contributed by atoms with Crippen molar-refractivity contribution in [1.29, 1.82) is 0 Å². The van der Waals surface area contributed by atoms with E-state index in [4.69, 9.17) is 0 Å². The Balaban J connectivity index is 2.61. The predicted octanol–water partition coefficient (Wildman–Crippen LogP) is 4.74. The molecule has 2 aromatic carbocycles. The van der Waals surface area contributed by atoms with E-state index in [9.17, 15) is 8.42 Å². The van der Waals surface area contributed by atoms with Gasteiger partial charge in [-0.05, 0) is 53.8 Å². The Labute approximate surface area is 133 Å². The first-order valence-corrected chi connectivity index (χ1v) is 9.41. The lowest BCUT2D eigenvalue weighted by Gasteiger charge is -2.11. The lowest BCUT2D eigenvalue weighted by molar-refractivity contribution is 0.602. The number of allylic oxidation sites excluding steroid dienone is 1. The molecule has 0 N–H and O–H groups in total. The van der Waals surface area contributed by atoms with E-state index in [1.165, 1.54) is 11.8 Å². The number of benzene rings is 2. The molecule has 116 valence electrons. The van der Waals surface area contributed by atoms with Gasteiger partial charge in [-0.1, -0.05) is 49.8 Å². The Hall–Kier alpha value is -1.87. The third-order valence-corrected chi connectivity index (χ3v) is 4.70. The van der Waals surface area contributed by atoms with Crippen LogP contribution in [0.2, 0.25) is 0 Å². The van der Waals surface area contributed by atoms with Gasteiger partial charge in [-0.25, -0.2) is 8.42 Å². The first-order valence-electron chi connectivity index (χ1n) is 7.52. The van der Waals surface area contributed by atoms with Crippen molar-refractivity contribution in [3.05, 3.63) is 59.7 Å². The van der Waals surface area contributed by atoms with Crippen LogP contribution in [-0.4, -0.2) is 14.7 Å². The fourth-order valence-corrected chi connectivity index (χ4v) is 3.21. The molecule has 0 amide bonds. The van der Waals surface area contributed by atoms with Gasteiger partial charge in [-0.2, -0.15) is 0 Å². The van der Waals surface area contributed by atoms with Crippen LogP contribution in [0.15, 0.2) is 53.4 Å². The molecule has 0 aliphatic rings. The van der Waals surface area contributed by atoms with E-state index >= 15 is 0 Å². The largest absolute Gasteiger partial charge is 0.224 e. The molecule has 0 saturated heterocycles. The van der Waals surface area contributed by atoms with Gasteiger partial charge in [0.05, 0.1) is 4.90 Å². The van der Waals surface area contributed by atoms with Crippen LogP contribution in [0, 0.1) is 0 Å². The molecule has 3 heteroatoms. The summed E-state index contributed by atoms with van der Waals surface area (Å²) < 4.78 is 23.6. The fraction of sp³-hybridized carbons (Fsp3) is 0.263. The second-order valence-corrected chi connectivity index (χ2v) is 7.48. The van der Waals surface area contributed by atoms with Crippen molar-refractivity contribution in [2.24, 2.45) is 0 Å². The molecular weight excluding hydrogens is 292 g/mol. The van der Waals surface area contributed by atoms with Crippen LogP contribution in [0.25, 0.3) is 17.2 Å². The van der Waals surface area contributed by atoms with Crippen molar-refractivity contribution >= 4 is 15.9 Å². The molecule has 22 heavy (non-hydrogen) atoms. The summed E-state index contributed by atoms with van der Waals surface area (Å²) in [6.45, 7) is 4.14. The van der Waals surface area contributed by atoms with E-state index in [2.05, 4.69) is 31.2 Å². The van der Waals surface area contributed by atoms with Gasteiger partial charge in [0, 0.05) is 6.26 Å². The minimum atomic E-state index is -3.19. The summed E-state index contributed by atoms with van der Waals surface area (Å²) in [5.74, 6) is 0. The van der Waals surface area contributed by atoms with Gasteiger partial charge in [0.25, 0.3) is 0 Å². The van der Waals surface area contributed by atoms with Crippen LogP contribution in [0.5, 0.6) is 0 Å². The lowest BCUT2D eigenvalue weighted by atomic mass is 9.94. The van der Waals surface area contributed by atoms with Crippen molar-refractivity contribution in [2.75, 3.05) is 6.26 Å². The minimum absolute atomic E-state index is 0.365. The number of hydrogen-bond donors (Lipinski definition) is 0. The SMILES string of the molecule is C/C=C/c1ccc(CCC)c(-c2cccc(S(C)(=O)=O)c2)c1. The van der Waals surface area contributed by atoms with E-state index in [0.717, 1.165) is 29.5 Å². The Bertz CT molecular complexity index is 787. The van der Waals surface area contributed by atoms with E-state index in [1.807, 2.05) is 25.1 Å². The molecular formula is C19H22O2S. The summed E-state index contributed by atoms with van der Waals surface area (Å²) in [7, 11) is -3.19. The smallest absolute Gasteiger partial charge is 0.175 e. The van der Waals surface area contributed by atoms with Crippen LogP contribution < -0.4 is 0 Å². The van der Waals surface area contributed by atoms with Gasteiger partial charge in [-0.3, -0.25) is 0 Å². The van der Waals surface area contributed by atoms with E-state index < -0.39 is 9.84 Å². The average molecular weight is 314 g/mol.